The van der Waals surface area contributed by atoms with E-state index in [-0.39, 0.29) is 13.2 Å². The second-order valence-corrected chi connectivity index (χ2v) is 4.60. The van der Waals surface area contributed by atoms with Crippen molar-refractivity contribution < 1.29 is 19.4 Å². The molecule has 0 bridgehead atoms. The predicted octanol–water partition coefficient (Wildman–Crippen LogP) is 0.106. The number of hydrogen-bond donors (Lipinski definition) is 2. The number of carboxylic acid groups (broad SMARTS) is 1. The van der Waals surface area contributed by atoms with Crippen LogP contribution in [0.2, 0.25) is 5.02 Å². The fraction of sp³-hybridized carbons (Fsp3) is 0.250. The van der Waals surface area contributed by atoms with Crippen LogP contribution in [0.15, 0.2) is 24.3 Å². The number of benzene rings is 1. The quantitative estimate of drug-likeness (QED) is 0.741. The second-order valence-electron chi connectivity index (χ2n) is 4.17. The Morgan fingerprint density at radius 2 is 2.05 bits per heavy atom. The SMILES string of the molecule is O=C(O)CNC(=O)Cn1nnnc1COc1ccc(Cl)cc1. The van der Waals surface area contributed by atoms with Crippen molar-refractivity contribution in [1.82, 2.24) is 25.5 Å². The fourth-order valence-corrected chi connectivity index (χ4v) is 1.62. The molecule has 0 saturated heterocycles. The van der Waals surface area contributed by atoms with Gasteiger partial charge in [-0.05, 0) is 34.7 Å². The molecule has 116 valence electrons. The number of carbonyl (C=O) groups excluding carboxylic acids is 1. The average molecular weight is 326 g/mol. The topological polar surface area (TPSA) is 119 Å². The van der Waals surface area contributed by atoms with Gasteiger partial charge in [-0.1, -0.05) is 11.6 Å². The number of carbonyl (C=O) groups is 2. The van der Waals surface area contributed by atoms with E-state index in [1.165, 1.54) is 4.68 Å². The first-order valence-electron chi connectivity index (χ1n) is 6.16. The van der Waals surface area contributed by atoms with Crippen LogP contribution in [0.3, 0.4) is 0 Å². The minimum atomic E-state index is -1.13. The summed E-state index contributed by atoms with van der Waals surface area (Å²) in [5.74, 6) is -0.728. The first kappa shape index (κ1) is 15.7. The smallest absolute Gasteiger partial charge is 0.322 e. The lowest BCUT2D eigenvalue weighted by Gasteiger charge is -2.07. The van der Waals surface area contributed by atoms with Gasteiger partial charge in [-0.25, -0.2) is 4.68 Å². The molecule has 1 amide bonds. The number of hydrogen-bond acceptors (Lipinski definition) is 6. The van der Waals surface area contributed by atoms with Crippen molar-refractivity contribution in [2.24, 2.45) is 0 Å². The Morgan fingerprint density at radius 1 is 1.32 bits per heavy atom. The Labute approximate surface area is 129 Å². The molecule has 0 spiro atoms. The molecular weight excluding hydrogens is 314 g/mol. The second kappa shape index (κ2) is 7.36. The molecular formula is C12H12ClN5O4. The van der Waals surface area contributed by atoms with Crippen LogP contribution in [0.1, 0.15) is 5.82 Å². The van der Waals surface area contributed by atoms with E-state index in [1.807, 2.05) is 0 Å². The molecule has 0 aliphatic carbocycles. The zero-order valence-corrected chi connectivity index (χ0v) is 12.0. The van der Waals surface area contributed by atoms with Gasteiger partial charge in [0.1, 0.15) is 25.4 Å². The fourth-order valence-electron chi connectivity index (χ4n) is 1.49. The number of aromatic nitrogens is 4. The van der Waals surface area contributed by atoms with E-state index in [0.29, 0.717) is 16.6 Å². The Kier molecular flexibility index (Phi) is 5.26. The molecule has 2 N–H and O–H groups in total. The van der Waals surface area contributed by atoms with Gasteiger partial charge in [-0.15, -0.1) is 5.10 Å². The third kappa shape index (κ3) is 4.70. The maximum atomic E-state index is 11.5. The molecule has 0 fully saturated rings. The van der Waals surface area contributed by atoms with Gasteiger partial charge in [0.05, 0.1) is 0 Å². The Bertz CT molecular complexity index is 658. The van der Waals surface area contributed by atoms with Crippen molar-refractivity contribution in [2.45, 2.75) is 13.2 Å². The lowest BCUT2D eigenvalue weighted by atomic mass is 10.3. The van der Waals surface area contributed by atoms with Gasteiger partial charge in [0.2, 0.25) is 5.91 Å². The third-order valence-electron chi connectivity index (χ3n) is 2.52. The normalized spacial score (nSPS) is 10.2. The number of tetrazole rings is 1. The Morgan fingerprint density at radius 3 is 2.73 bits per heavy atom. The molecule has 1 aromatic carbocycles. The minimum absolute atomic E-state index is 0.0564. The molecule has 9 nitrogen and oxygen atoms in total. The van der Waals surface area contributed by atoms with Crippen LogP contribution in [0.25, 0.3) is 0 Å². The van der Waals surface area contributed by atoms with E-state index in [0.717, 1.165) is 0 Å². The van der Waals surface area contributed by atoms with Gasteiger partial charge >= 0.3 is 5.97 Å². The van der Waals surface area contributed by atoms with Crippen molar-refractivity contribution >= 4 is 23.5 Å². The highest BCUT2D eigenvalue weighted by Gasteiger charge is 2.11. The first-order valence-corrected chi connectivity index (χ1v) is 6.54. The molecule has 1 aromatic heterocycles. The van der Waals surface area contributed by atoms with Crippen molar-refractivity contribution in [3.05, 3.63) is 35.1 Å². The summed E-state index contributed by atoms with van der Waals surface area (Å²) in [5, 5.41) is 22.2. The van der Waals surface area contributed by atoms with Gasteiger partial charge < -0.3 is 15.2 Å². The number of nitrogens with one attached hydrogen (secondary N) is 1. The van der Waals surface area contributed by atoms with Gasteiger partial charge in [0, 0.05) is 5.02 Å². The number of nitrogens with zero attached hydrogens (tertiary/aromatic N) is 4. The van der Waals surface area contributed by atoms with Gasteiger partial charge in [-0.2, -0.15) is 0 Å². The molecule has 0 unspecified atom stereocenters. The summed E-state index contributed by atoms with van der Waals surface area (Å²) in [4.78, 5) is 21.9. The van der Waals surface area contributed by atoms with Crippen LogP contribution in [0, 0.1) is 0 Å². The maximum absolute atomic E-state index is 11.5. The van der Waals surface area contributed by atoms with Gasteiger partial charge in [-0.3, -0.25) is 9.59 Å². The zero-order chi connectivity index (χ0) is 15.9. The van der Waals surface area contributed by atoms with Crippen LogP contribution in [0.5, 0.6) is 5.75 Å². The molecule has 10 heteroatoms. The molecule has 0 saturated carbocycles. The van der Waals surface area contributed by atoms with Crippen molar-refractivity contribution in [1.29, 1.82) is 0 Å². The highest BCUT2D eigenvalue weighted by Crippen LogP contribution is 2.16. The molecule has 2 aromatic rings. The summed E-state index contributed by atoms with van der Waals surface area (Å²) < 4.78 is 6.71. The molecule has 0 aliphatic rings. The number of carboxylic acids is 1. The molecule has 22 heavy (non-hydrogen) atoms. The standard InChI is InChI=1S/C12H12ClN5O4/c13-8-1-3-9(4-2-8)22-7-10-15-16-17-18(10)6-11(19)14-5-12(20)21/h1-4H,5-7H2,(H,14,19)(H,20,21). The maximum Gasteiger partial charge on any atom is 0.322 e. The lowest BCUT2D eigenvalue weighted by molar-refractivity contribution is -0.138. The molecule has 2 rings (SSSR count). The summed E-state index contributed by atoms with van der Waals surface area (Å²) in [6, 6.07) is 6.74. The van der Waals surface area contributed by atoms with Crippen LogP contribution in [-0.4, -0.2) is 43.7 Å². The summed E-state index contributed by atoms with van der Waals surface area (Å²) in [6.07, 6.45) is 0. The molecule has 0 aliphatic heterocycles. The minimum Gasteiger partial charge on any atom is -0.486 e. The first-order chi connectivity index (χ1) is 10.5. The average Bonchev–Trinajstić information content (AvgIpc) is 2.92. The summed E-state index contributed by atoms with van der Waals surface area (Å²) in [6.45, 7) is -0.599. The predicted molar refractivity (Wildman–Crippen MR) is 74.2 cm³/mol. The Balaban J connectivity index is 1.90. The number of rotatable bonds is 7. The number of aliphatic carboxylic acids is 1. The van der Waals surface area contributed by atoms with E-state index < -0.39 is 18.4 Å². The van der Waals surface area contributed by atoms with Crippen molar-refractivity contribution in [2.75, 3.05) is 6.54 Å². The molecule has 1 heterocycles. The van der Waals surface area contributed by atoms with Crippen LogP contribution in [0.4, 0.5) is 0 Å². The summed E-state index contributed by atoms with van der Waals surface area (Å²) in [5.41, 5.74) is 0. The number of amides is 1. The molecule has 0 atom stereocenters. The third-order valence-corrected chi connectivity index (χ3v) is 2.77. The monoisotopic (exact) mass is 325 g/mol. The van der Waals surface area contributed by atoms with Crippen LogP contribution in [-0.2, 0) is 22.7 Å². The van der Waals surface area contributed by atoms with E-state index in [9.17, 15) is 9.59 Å². The molecule has 0 radical (unpaired) electrons. The summed E-state index contributed by atoms with van der Waals surface area (Å²) in [7, 11) is 0. The summed E-state index contributed by atoms with van der Waals surface area (Å²) >= 11 is 5.77. The number of ether oxygens (including phenoxy) is 1. The van der Waals surface area contributed by atoms with Crippen LogP contribution >= 0.6 is 11.6 Å². The highest BCUT2D eigenvalue weighted by atomic mass is 35.5. The highest BCUT2D eigenvalue weighted by molar-refractivity contribution is 6.30. The van der Waals surface area contributed by atoms with Gasteiger partial charge in [0.15, 0.2) is 5.82 Å². The van der Waals surface area contributed by atoms with Crippen molar-refractivity contribution in [3.8, 4) is 5.75 Å². The van der Waals surface area contributed by atoms with E-state index in [4.69, 9.17) is 21.4 Å². The van der Waals surface area contributed by atoms with E-state index in [1.54, 1.807) is 24.3 Å². The zero-order valence-electron chi connectivity index (χ0n) is 11.3. The van der Waals surface area contributed by atoms with E-state index >= 15 is 0 Å². The Hall–Kier alpha value is -2.68. The number of halogens is 1. The van der Waals surface area contributed by atoms with Crippen LogP contribution < -0.4 is 10.1 Å². The largest absolute Gasteiger partial charge is 0.486 e. The van der Waals surface area contributed by atoms with Crippen molar-refractivity contribution in [3.63, 3.8) is 0 Å². The van der Waals surface area contributed by atoms with Gasteiger partial charge in [0.25, 0.3) is 0 Å². The van der Waals surface area contributed by atoms with E-state index in [2.05, 4.69) is 20.8 Å². The lowest BCUT2D eigenvalue weighted by Crippen LogP contribution is -2.33.